The molecule has 3 aromatic heterocycles. The summed E-state index contributed by atoms with van der Waals surface area (Å²) in [6.45, 7) is 4.41. The molecule has 1 aromatic carbocycles. The van der Waals surface area contributed by atoms with Gasteiger partial charge in [-0.1, -0.05) is 18.3 Å². The molecule has 1 saturated heterocycles. The molecule has 222 valence electrons. The summed E-state index contributed by atoms with van der Waals surface area (Å²) >= 11 is 1.27. The second-order valence-corrected chi connectivity index (χ2v) is 12.2. The number of methoxy groups -OCH3 is 1. The van der Waals surface area contributed by atoms with E-state index in [2.05, 4.69) is 17.3 Å². The highest BCUT2D eigenvalue weighted by Gasteiger charge is 2.33. The fourth-order valence-corrected chi connectivity index (χ4v) is 7.40. The molecule has 1 saturated carbocycles. The van der Waals surface area contributed by atoms with Crippen LogP contribution in [0.5, 0.6) is 5.75 Å². The lowest BCUT2D eigenvalue weighted by atomic mass is 9.88. The van der Waals surface area contributed by atoms with Crippen molar-refractivity contribution in [3.05, 3.63) is 74.4 Å². The quantitative estimate of drug-likeness (QED) is 0.326. The van der Waals surface area contributed by atoms with Crippen molar-refractivity contribution in [3.63, 3.8) is 0 Å². The van der Waals surface area contributed by atoms with Crippen molar-refractivity contribution in [2.24, 2.45) is 5.92 Å². The van der Waals surface area contributed by atoms with E-state index in [4.69, 9.17) is 9.47 Å². The molecule has 6 rings (SSSR count). The van der Waals surface area contributed by atoms with Crippen LogP contribution in [0.25, 0.3) is 15.2 Å². The molecular weight excluding hydrogens is 561 g/mol. The van der Waals surface area contributed by atoms with Crippen molar-refractivity contribution >= 4 is 27.5 Å². The lowest BCUT2D eigenvalue weighted by molar-refractivity contribution is -0.122. The van der Waals surface area contributed by atoms with Gasteiger partial charge in [0, 0.05) is 30.1 Å². The molecule has 1 aliphatic heterocycles. The first-order chi connectivity index (χ1) is 20.3. The number of carbonyl (C=O) groups excluding carboxylic acids is 1. The number of amides is 1. The van der Waals surface area contributed by atoms with Crippen LogP contribution in [-0.4, -0.2) is 44.6 Å². The summed E-state index contributed by atoms with van der Waals surface area (Å²) in [7, 11) is 1.51. The standard InChI is InChI=1S/C30H34FN5O5S/c1-17-5-8-20(9-6-17)41-24(21-15-19(31)7-10-23(21)40-3)16-34-29-25(18(2)28(42-29)35-14-4-12-33-35)27(38)36(30(34)39)22-11-13-32-26(22)37/h4,7,10,12,14-15,17,20,22,24H,5-6,8-9,11,13,16H2,1-3H3,(H,32,37)/t17?,20?,22-,24-/m0/s1. The Morgan fingerprint density at radius 3 is 2.62 bits per heavy atom. The van der Waals surface area contributed by atoms with Gasteiger partial charge in [0.2, 0.25) is 5.91 Å². The zero-order chi connectivity index (χ0) is 29.5. The first-order valence-electron chi connectivity index (χ1n) is 14.3. The maximum absolute atomic E-state index is 14.6. The summed E-state index contributed by atoms with van der Waals surface area (Å²) in [5.41, 5.74) is 0.0198. The van der Waals surface area contributed by atoms with Crippen molar-refractivity contribution < 1.29 is 18.7 Å². The zero-order valence-corrected chi connectivity index (χ0v) is 24.7. The van der Waals surface area contributed by atoms with Gasteiger partial charge in [-0.2, -0.15) is 5.10 Å². The summed E-state index contributed by atoms with van der Waals surface area (Å²) in [5, 5.41) is 8.12. The minimum Gasteiger partial charge on any atom is -0.496 e. The van der Waals surface area contributed by atoms with Crippen molar-refractivity contribution in [1.82, 2.24) is 24.2 Å². The molecule has 42 heavy (non-hydrogen) atoms. The topological polar surface area (TPSA) is 109 Å². The van der Waals surface area contributed by atoms with Crippen LogP contribution in [0.4, 0.5) is 4.39 Å². The first-order valence-corrected chi connectivity index (χ1v) is 15.1. The molecule has 1 N–H and O–H groups in total. The number of hydrogen-bond acceptors (Lipinski definition) is 7. The Balaban J connectivity index is 1.55. The number of rotatable bonds is 8. The first kappa shape index (κ1) is 28.4. The Hall–Kier alpha value is -3.77. The van der Waals surface area contributed by atoms with E-state index in [0.29, 0.717) is 51.0 Å². The third-order valence-electron chi connectivity index (χ3n) is 8.47. The number of aryl methyl sites for hydroxylation is 1. The molecule has 4 aromatic rings. The second-order valence-electron chi connectivity index (χ2n) is 11.2. The number of hydrogen-bond donors (Lipinski definition) is 1. The smallest absolute Gasteiger partial charge is 0.332 e. The largest absolute Gasteiger partial charge is 0.496 e. The second kappa shape index (κ2) is 11.5. The van der Waals surface area contributed by atoms with Crippen molar-refractivity contribution in [2.45, 2.75) is 70.7 Å². The molecule has 10 nitrogen and oxygen atoms in total. The van der Waals surface area contributed by atoms with E-state index in [1.165, 1.54) is 35.1 Å². The maximum atomic E-state index is 14.6. The van der Waals surface area contributed by atoms with Crippen molar-refractivity contribution in [3.8, 4) is 10.8 Å². The lowest BCUT2D eigenvalue weighted by Gasteiger charge is -2.31. The van der Waals surface area contributed by atoms with Crippen LogP contribution in [0, 0.1) is 18.7 Å². The lowest BCUT2D eigenvalue weighted by Crippen LogP contribution is -2.44. The predicted octanol–water partition coefficient (Wildman–Crippen LogP) is 4.26. The van der Waals surface area contributed by atoms with E-state index in [9.17, 15) is 18.8 Å². The molecule has 0 radical (unpaired) electrons. The molecule has 2 aliphatic rings. The Labute approximate surface area is 245 Å². The van der Waals surface area contributed by atoms with E-state index in [1.807, 2.05) is 6.92 Å². The number of benzene rings is 1. The van der Waals surface area contributed by atoms with Gasteiger partial charge in [0.15, 0.2) is 0 Å². The summed E-state index contributed by atoms with van der Waals surface area (Å²) in [6.07, 6.45) is 6.63. The number of aromatic nitrogens is 4. The number of nitrogens with zero attached hydrogens (tertiary/aromatic N) is 4. The fraction of sp³-hybridized carbons (Fsp3) is 0.467. The molecule has 2 fully saturated rings. The molecule has 0 unspecified atom stereocenters. The number of carbonyl (C=O) groups is 1. The van der Waals surface area contributed by atoms with Crippen LogP contribution in [0.15, 0.2) is 46.2 Å². The Morgan fingerprint density at radius 1 is 1.17 bits per heavy atom. The highest BCUT2D eigenvalue weighted by Crippen LogP contribution is 2.37. The molecule has 2 atom stereocenters. The minimum atomic E-state index is -0.920. The van der Waals surface area contributed by atoms with Gasteiger partial charge in [0.1, 0.15) is 33.5 Å². The van der Waals surface area contributed by atoms with Crippen LogP contribution in [0.1, 0.15) is 62.3 Å². The van der Waals surface area contributed by atoms with E-state index >= 15 is 0 Å². The van der Waals surface area contributed by atoms with Crippen LogP contribution < -0.4 is 21.3 Å². The molecule has 1 amide bonds. The van der Waals surface area contributed by atoms with Gasteiger partial charge in [0.05, 0.1) is 25.1 Å². The number of ether oxygens (including phenoxy) is 2. The maximum Gasteiger partial charge on any atom is 0.332 e. The number of thiophene rings is 1. The number of halogens is 1. The molecular formula is C30H34FN5O5S. The zero-order valence-electron chi connectivity index (χ0n) is 23.8. The average molecular weight is 596 g/mol. The van der Waals surface area contributed by atoms with Gasteiger partial charge in [-0.05, 0) is 69.2 Å². The molecule has 4 heterocycles. The number of fused-ring (bicyclic) bond motifs is 1. The van der Waals surface area contributed by atoms with E-state index in [-0.39, 0.29) is 18.6 Å². The SMILES string of the molecule is COc1ccc(F)cc1[C@H](Cn1c(=O)n([C@H]2CCNC2=O)c(=O)c2c(C)c(-n3cccn3)sc21)OC1CCC(C)CC1. The molecule has 12 heteroatoms. The summed E-state index contributed by atoms with van der Waals surface area (Å²) < 4.78 is 31.2. The highest BCUT2D eigenvalue weighted by molar-refractivity contribution is 7.21. The average Bonchev–Trinajstić information content (AvgIpc) is 3.73. The van der Waals surface area contributed by atoms with Crippen LogP contribution in [0.3, 0.4) is 0 Å². The summed E-state index contributed by atoms with van der Waals surface area (Å²) in [6, 6.07) is 5.12. The minimum absolute atomic E-state index is 0.00564. The molecule has 0 spiro atoms. The Kier molecular flexibility index (Phi) is 7.75. The van der Waals surface area contributed by atoms with Crippen LogP contribution in [0.2, 0.25) is 0 Å². The monoisotopic (exact) mass is 595 g/mol. The van der Waals surface area contributed by atoms with Gasteiger partial charge >= 0.3 is 5.69 Å². The van der Waals surface area contributed by atoms with Gasteiger partial charge in [-0.3, -0.25) is 14.2 Å². The van der Waals surface area contributed by atoms with E-state index in [1.54, 1.807) is 29.2 Å². The highest BCUT2D eigenvalue weighted by atomic mass is 32.1. The Bertz CT molecular complexity index is 1740. The van der Waals surface area contributed by atoms with Crippen LogP contribution >= 0.6 is 11.3 Å². The van der Waals surface area contributed by atoms with Gasteiger partial charge in [-0.25, -0.2) is 18.4 Å². The van der Waals surface area contributed by atoms with E-state index < -0.39 is 29.2 Å². The van der Waals surface area contributed by atoms with Crippen molar-refractivity contribution in [1.29, 1.82) is 0 Å². The third kappa shape index (κ3) is 5.06. The van der Waals surface area contributed by atoms with Gasteiger partial charge in [0.25, 0.3) is 5.56 Å². The predicted molar refractivity (Wildman–Crippen MR) is 157 cm³/mol. The van der Waals surface area contributed by atoms with Gasteiger partial charge < -0.3 is 14.8 Å². The fourth-order valence-electron chi connectivity index (χ4n) is 6.16. The Morgan fingerprint density at radius 2 is 1.95 bits per heavy atom. The third-order valence-corrected chi connectivity index (χ3v) is 9.77. The van der Waals surface area contributed by atoms with Crippen LogP contribution in [-0.2, 0) is 16.1 Å². The van der Waals surface area contributed by atoms with Crippen molar-refractivity contribution in [2.75, 3.05) is 13.7 Å². The summed E-state index contributed by atoms with van der Waals surface area (Å²) in [4.78, 5) is 41.4. The number of nitrogens with one attached hydrogen (secondary N) is 1. The normalized spacial score (nSPS) is 21.5. The molecule has 0 bridgehead atoms. The summed E-state index contributed by atoms with van der Waals surface area (Å²) in [5.74, 6) is 0.231. The van der Waals surface area contributed by atoms with Gasteiger partial charge in [-0.15, -0.1) is 0 Å². The molecule has 1 aliphatic carbocycles. The van der Waals surface area contributed by atoms with E-state index in [0.717, 1.165) is 30.3 Å².